The van der Waals surface area contributed by atoms with E-state index >= 15 is 0 Å². The van der Waals surface area contributed by atoms with Crippen molar-refractivity contribution in [2.24, 2.45) is 0 Å². The molecular formula is H5BClF3O2. The smallest absolute Gasteiger partial charge is 0.414 e. The van der Waals surface area contributed by atoms with E-state index < -0.39 is 6.53 Å². The molecule has 0 aliphatic carbocycles. The van der Waals surface area contributed by atoms with Gasteiger partial charge < -0.3 is 10.0 Å². The minimum Gasteiger partial charge on any atom is -0.414 e. The lowest BCUT2D eigenvalue weighted by molar-refractivity contribution is 0.435. The van der Waals surface area contributed by atoms with Crippen molar-refractivity contribution in [3.8, 4) is 0 Å². The average Bonchev–Trinajstić information content (AvgIpc) is 0.811. The quantitative estimate of drug-likeness (QED) is 0.452. The van der Waals surface area contributed by atoms with E-state index in [-0.39, 0.29) is 14.1 Å². The van der Waals surface area contributed by atoms with Crippen molar-refractivity contribution in [3.05, 3.63) is 0 Å². The Hall–Kier alpha value is 0.0649. The lowest BCUT2D eigenvalue weighted by Crippen LogP contribution is -1.96. The van der Waals surface area contributed by atoms with Crippen molar-refractivity contribution in [2.75, 3.05) is 0 Å². The first kappa shape index (κ1) is 27.7. The SMILES string of the molecule is F.F.F.OB(O)Cl. The van der Waals surface area contributed by atoms with E-state index in [1.165, 1.54) is 0 Å². The first-order valence-electron chi connectivity index (χ1n) is 0.735. The van der Waals surface area contributed by atoms with Crippen LogP contribution in [0.4, 0.5) is 14.1 Å². The summed E-state index contributed by atoms with van der Waals surface area (Å²) in [4.78, 5) is 0. The Morgan fingerprint density at radius 3 is 1.00 bits per heavy atom. The van der Waals surface area contributed by atoms with Gasteiger partial charge in [-0.3, -0.25) is 14.1 Å². The summed E-state index contributed by atoms with van der Waals surface area (Å²) in [5, 5.41) is 14.8. The van der Waals surface area contributed by atoms with E-state index in [0.29, 0.717) is 0 Å². The molecule has 0 aromatic rings. The Kier molecular flexibility index (Phi) is 65.5. The van der Waals surface area contributed by atoms with Gasteiger partial charge in [0.15, 0.2) is 0 Å². The average molecular weight is 140 g/mol. The maximum absolute atomic E-state index is 7.38. The zero-order valence-corrected chi connectivity index (χ0v) is 3.83. The Labute approximate surface area is 43.3 Å². The van der Waals surface area contributed by atoms with Gasteiger partial charge in [-0.05, 0) is 0 Å². The zero-order valence-electron chi connectivity index (χ0n) is 3.07. The van der Waals surface area contributed by atoms with Crippen LogP contribution < -0.4 is 0 Å². The van der Waals surface area contributed by atoms with Gasteiger partial charge >= 0.3 is 6.53 Å². The van der Waals surface area contributed by atoms with Gasteiger partial charge in [0.1, 0.15) is 0 Å². The molecule has 7 heteroatoms. The molecule has 0 fully saturated rings. The fraction of sp³-hybridized carbons (Fsp3) is 0. The van der Waals surface area contributed by atoms with Gasteiger partial charge in [0, 0.05) is 0 Å². The summed E-state index contributed by atoms with van der Waals surface area (Å²) in [5.74, 6) is 0. The van der Waals surface area contributed by atoms with E-state index in [1.807, 2.05) is 0 Å². The third-order valence-electron chi connectivity index (χ3n) is 0. The van der Waals surface area contributed by atoms with Gasteiger partial charge in [-0.1, -0.05) is 0 Å². The molecule has 0 unspecified atom stereocenters. The van der Waals surface area contributed by atoms with E-state index in [9.17, 15) is 0 Å². The predicted molar refractivity (Wildman–Crippen MR) is 23.6 cm³/mol. The molecule has 48 valence electrons. The van der Waals surface area contributed by atoms with Crippen molar-refractivity contribution in [2.45, 2.75) is 0 Å². The third kappa shape index (κ3) is 23800. The lowest BCUT2D eigenvalue weighted by atomic mass is 10.4. The fourth-order valence-electron chi connectivity index (χ4n) is 0. The summed E-state index contributed by atoms with van der Waals surface area (Å²) in [5.41, 5.74) is 0. The van der Waals surface area contributed by atoms with Crippen LogP contribution >= 0.6 is 11.5 Å². The Morgan fingerprint density at radius 1 is 1.00 bits per heavy atom. The topological polar surface area (TPSA) is 40.5 Å². The van der Waals surface area contributed by atoms with Crippen LogP contribution in [-0.4, -0.2) is 16.6 Å². The predicted octanol–water partition coefficient (Wildman–Crippen LogP) is -0.348. The van der Waals surface area contributed by atoms with Gasteiger partial charge in [-0.2, -0.15) is 0 Å². The van der Waals surface area contributed by atoms with Crippen LogP contribution in [-0.2, 0) is 0 Å². The molecule has 0 bridgehead atoms. The summed E-state index contributed by atoms with van der Waals surface area (Å²) in [6.45, 7) is -1.69. The highest BCUT2D eigenvalue weighted by molar-refractivity contribution is 6.97. The summed E-state index contributed by atoms with van der Waals surface area (Å²) in [6, 6.07) is 0. The van der Waals surface area contributed by atoms with Gasteiger partial charge in [0.25, 0.3) is 0 Å². The molecule has 0 aliphatic heterocycles. The van der Waals surface area contributed by atoms with Crippen LogP contribution in [0.25, 0.3) is 0 Å². The lowest BCUT2D eigenvalue weighted by Gasteiger charge is -1.67. The highest BCUT2D eigenvalue weighted by atomic mass is 35.5. The second kappa shape index (κ2) is 16.6. The van der Waals surface area contributed by atoms with E-state index in [1.54, 1.807) is 0 Å². The van der Waals surface area contributed by atoms with Gasteiger partial charge in [-0.25, -0.2) is 0 Å². The van der Waals surface area contributed by atoms with Crippen LogP contribution in [0, 0.1) is 0 Å². The molecule has 0 rings (SSSR count). The zero-order chi connectivity index (χ0) is 3.58. The Balaban J connectivity index is -0.0000000150. The minimum atomic E-state index is -1.69. The molecule has 0 heterocycles. The summed E-state index contributed by atoms with van der Waals surface area (Å²) in [6.07, 6.45) is 0. The van der Waals surface area contributed by atoms with Crippen LogP contribution in [0.1, 0.15) is 0 Å². The molecule has 0 aromatic heterocycles. The van der Waals surface area contributed by atoms with Crippen molar-refractivity contribution in [1.82, 2.24) is 0 Å². The first-order chi connectivity index (χ1) is 1.73. The van der Waals surface area contributed by atoms with Crippen molar-refractivity contribution >= 4 is 18.0 Å². The molecule has 0 amide bonds. The summed E-state index contributed by atoms with van der Waals surface area (Å²) >= 11 is 4.39. The molecule has 7 heavy (non-hydrogen) atoms. The second-order valence-corrected chi connectivity index (χ2v) is 0.701. The molecule has 0 aromatic carbocycles. The maximum Gasteiger partial charge on any atom is 0.566 e. The molecular weight excluding hydrogens is 135 g/mol. The molecule has 2 nitrogen and oxygen atoms in total. The fourth-order valence-corrected chi connectivity index (χ4v) is 0. The monoisotopic (exact) mass is 140 g/mol. The first-order valence-corrected chi connectivity index (χ1v) is 1.17. The Bertz CT molecular complexity index is 17.7. The highest BCUT2D eigenvalue weighted by Gasteiger charge is 1.92. The van der Waals surface area contributed by atoms with Crippen molar-refractivity contribution in [3.63, 3.8) is 0 Å². The van der Waals surface area contributed by atoms with Crippen molar-refractivity contribution in [1.29, 1.82) is 0 Å². The van der Waals surface area contributed by atoms with Gasteiger partial charge in [0.2, 0.25) is 0 Å². The summed E-state index contributed by atoms with van der Waals surface area (Å²) < 4.78 is 0. The molecule has 2 N–H and O–H groups in total. The minimum absolute atomic E-state index is 0. The number of halogens is 4. The number of rotatable bonds is 0. The molecule has 0 saturated carbocycles. The number of hydrogen-bond acceptors (Lipinski definition) is 2. The molecule has 0 saturated heterocycles. The molecule has 0 atom stereocenters. The van der Waals surface area contributed by atoms with Crippen LogP contribution in [0.5, 0.6) is 0 Å². The van der Waals surface area contributed by atoms with Crippen LogP contribution in [0.3, 0.4) is 0 Å². The molecule has 0 aliphatic rings. The number of hydrogen-bond donors (Lipinski definition) is 2. The third-order valence-corrected chi connectivity index (χ3v) is 0. The van der Waals surface area contributed by atoms with Crippen LogP contribution in [0.15, 0.2) is 0 Å². The standard InChI is InChI=1S/BClH2O2.3FH/c2-1(3)4;;;/h3-4H;3*1H. The van der Waals surface area contributed by atoms with Gasteiger partial charge in [-0.15, -0.1) is 11.5 Å². The van der Waals surface area contributed by atoms with Crippen molar-refractivity contribution < 1.29 is 24.2 Å². The molecule has 0 spiro atoms. The Morgan fingerprint density at radius 2 is 1.00 bits per heavy atom. The van der Waals surface area contributed by atoms with E-state index in [4.69, 9.17) is 10.0 Å². The van der Waals surface area contributed by atoms with Gasteiger partial charge in [0.05, 0.1) is 0 Å². The maximum atomic E-state index is 7.38. The van der Waals surface area contributed by atoms with Crippen LogP contribution in [0.2, 0.25) is 0 Å². The normalized spacial score (nSPS) is 3.86. The summed E-state index contributed by atoms with van der Waals surface area (Å²) in [7, 11) is 0. The molecule has 0 radical (unpaired) electrons. The second-order valence-electron chi connectivity index (χ2n) is 0.311. The van der Waals surface area contributed by atoms with E-state index in [0.717, 1.165) is 0 Å². The highest BCUT2D eigenvalue weighted by Crippen LogP contribution is 1.67. The largest absolute Gasteiger partial charge is 0.566 e. The van der Waals surface area contributed by atoms with E-state index in [2.05, 4.69) is 11.5 Å².